The van der Waals surface area contributed by atoms with Crippen molar-refractivity contribution in [3.05, 3.63) is 29.8 Å². The lowest BCUT2D eigenvalue weighted by Gasteiger charge is -2.11. The summed E-state index contributed by atoms with van der Waals surface area (Å²) in [5.41, 5.74) is 6.10. The Labute approximate surface area is 105 Å². The van der Waals surface area contributed by atoms with Gasteiger partial charge in [-0.3, -0.25) is 10.2 Å². The number of aliphatic hydroxyl groups excluding tert-OH is 1. The number of benzene rings is 1. The van der Waals surface area contributed by atoms with Crippen LogP contribution in [0.3, 0.4) is 0 Å². The van der Waals surface area contributed by atoms with Gasteiger partial charge in [0.05, 0.1) is 13.0 Å². The molecule has 0 aliphatic heterocycles. The third-order valence-electron chi connectivity index (χ3n) is 2.30. The summed E-state index contributed by atoms with van der Waals surface area (Å²) in [6.45, 7) is 1.73. The van der Waals surface area contributed by atoms with Gasteiger partial charge < -0.3 is 10.4 Å². The first-order valence-corrected chi connectivity index (χ1v) is 5.72. The minimum atomic E-state index is -0.526. The molecule has 0 aliphatic carbocycles. The van der Waals surface area contributed by atoms with Crippen molar-refractivity contribution < 1.29 is 14.7 Å². The predicted octanol–water partition coefficient (Wildman–Crippen LogP) is 0.784. The SMILES string of the molecule is CCc1ccccc1NC(=O)NNC(=O)CCO. The van der Waals surface area contributed by atoms with Crippen LogP contribution >= 0.6 is 0 Å². The van der Waals surface area contributed by atoms with Crippen molar-refractivity contribution in [1.82, 2.24) is 10.9 Å². The van der Waals surface area contributed by atoms with E-state index in [1.165, 1.54) is 0 Å². The third-order valence-corrected chi connectivity index (χ3v) is 2.30. The highest BCUT2D eigenvalue weighted by Crippen LogP contribution is 2.14. The molecule has 6 heteroatoms. The lowest BCUT2D eigenvalue weighted by molar-refractivity contribution is -0.122. The molecule has 0 fully saturated rings. The van der Waals surface area contributed by atoms with Crippen molar-refractivity contribution in [2.24, 2.45) is 0 Å². The zero-order valence-corrected chi connectivity index (χ0v) is 10.2. The van der Waals surface area contributed by atoms with Crippen LogP contribution in [-0.2, 0) is 11.2 Å². The van der Waals surface area contributed by atoms with E-state index in [9.17, 15) is 9.59 Å². The van der Waals surface area contributed by atoms with E-state index in [2.05, 4.69) is 16.2 Å². The average Bonchev–Trinajstić information content (AvgIpc) is 2.37. The van der Waals surface area contributed by atoms with Gasteiger partial charge in [0.15, 0.2) is 0 Å². The van der Waals surface area contributed by atoms with Crippen molar-refractivity contribution in [2.45, 2.75) is 19.8 Å². The van der Waals surface area contributed by atoms with Gasteiger partial charge >= 0.3 is 6.03 Å². The fourth-order valence-electron chi connectivity index (χ4n) is 1.39. The topological polar surface area (TPSA) is 90.5 Å². The van der Waals surface area contributed by atoms with E-state index < -0.39 is 11.9 Å². The summed E-state index contributed by atoms with van der Waals surface area (Å²) in [5, 5.41) is 11.1. The van der Waals surface area contributed by atoms with Crippen LogP contribution in [0.5, 0.6) is 0 Å². The Morgan fingerprint density at radius 2 is 1.94 bits per heavy atom. The number of para-hydroxylation sites is 1. The molecule has 0 saturated carbocycles. The molecule has 18 heavy (non-hydrogen) atoms. The van der Waals surface area contributed by atoms with E-state index in [-0.39, 0.29) is 13.0 Å². The van der Waals surface area contributed by atoms with Gasteiger partial charge in [0, 0.05) is 5.69 Å². The van der Waals surface area contributed by atoms with Crippen LogP contribution in [0.25, 0.3) is 0 Å². The van der Waals surface area contributed by atoms with E-state index in [4.69, 9.17) is 5.11 Å². The Bertz CT molecular complexity index is 421. The van der Waals surface area contributed by atoms with Crippen LogP contribution in [-0.4, -0.2) is 23.7 Å². The third kappa shape index (κ3) is 4.42. The van der Waals surface area contributed by atoms with Crippen molar-refractivity contribution in [1.29, 1.82) is 0 Å². The number of amides is 3. The Morgan fingerprint density at radius 3 is 2.61 bits per heavy atom. The van der Waals surface area contributed by atoms with Gasteiger partial charge in [-0.1, -0.05) is 25.1 Å². The molecule has 0 atom stereocenters. The van der Waals surface area contributed by atoms with E-state index in [1.54, 1.807) is 6.07 Å². The first-order chi connectivity index (χ1) is 8.67. The normalized spacial score (nSPS) is 9.67. The number of hydrogen-bond donors (Lipinski definition) is 4. The number of rotatable bonds is 4. The molecule has 1 aromatic carbocycles. The maximum atomic E-state index is 11.5. The molecule has 0 radical (unpaired) electrons. The van der Waals surface area contributed by atoms with Gasteiger partial charge in [0.25, 0.3) is 0 Å². The van der Waals surface area contributed by atoms with Gasteiger partial charge in [-0.05, 0) is 18.1 Å². The second-order valence-electron chi connectivity index (χ2n) is 3.61. The number of anilines is 1. The van der Waals surface area contributed by atoms with Gasteiger partial charge in [-0.25, -0.2) is 10.2 Å². The molecule has 0 heterocycles. The Morgan fingerprint density at radius 1 is 1.22 bits per heavy atom. The molecule has 4 N–H and O–H groups in total. The number of hydrazine groups is 1. The second-order valence-corrected chi connectivity index (χ2v) is 3.61. The van der Waals surface area contributed by atoms with Gasteiger partial charge in [-0.15, -0.1) is 0 Å². The van der Waals surface area contributed by atoms with Crippen molar-refractivity contribution in [2.75, 3.05) is 11.9 Å². The molecule has 0 aliphatic rings. The molecule has 1 aromatic rings. The molecule has 0 aromatic heterocycles. The largest absolute Gasteiger partial charge is 0.396 e. The molecule has 0 saturated heterocycles. The molecular formula is C12H17N3O3. The van der Waals surface area contributed by atoms with Crippen LogP contribution in [0.4, 0.5) is 10.5 Å². The molecule has 1 rings (SSSR count). The van der Waals surface area contributed by atoms with Crippen molar-refractivity contribution >= 4 is 17.6 Å². The first kappa shape index (κ1) is 14.0. The highest BCUT2D eigenvalue weighted by Gasteiger charge is 2.06. The lowest BCUT2D eigenvalue weighted by Crippen LogP contribution is -2.44. The fourth-order valence-corrected chi connectivity index (χ4v) is 1.39. The smallest absolute Gasteiger partial charge is 0.337 e. The summed E-state index contributed by atoms with van der Waals surface area (Å²) >= 11 is 0. The standard InChI is InChI=1S/C12H17N3O3/c1-2-9-5-3-4-6-10(9)13-12(18)15-14-11(17)7-8-16/h3-6,16H,2,7-8H2,1H3,(H,14,17)(H2,13,15,18). The summed E-state index contributed by atoms with van der Waals surface area (Å²) in [4.78, 5) is 22.5. The zero-order chi connectivity index (χ0) is 13.4. The molecule has 6 nitrogen and oxygen atoms in total. The number of carbonyl (C=O) groups is 2. The number of carbonyl (C=O) groups excluding carboxylic acids is 2. The summed E-state index contributed by atoms with van der Waals surface area (Å²) in [7, 11) is 0. The Balaban J connectivity index is 2.47. The molecular weight excluding hydrogens is 234 g/mol. The van der Waals surface area contributed by atoms with Crippen LogP contribution < -0.4 is 16.2 Å². The summed E-state index contributed by atoms with van der Waals surface area (Å²) in [6.07, 6.45) is 0.749. The number of hydrogen-bond acceptors (Lipinski definition) is 3. The predicted molar refractivity (Wildman–Crippen MR) is 67.8 cm³/mol. The van der Waals surface area contributed by atoms with Crippen molar-refractivity contribution in [3.63, 3.8) is 0 Å². The van der Waals surface area contributed by atoms with Gasteiger partial charge in [0.2, 0.25) is 5.91 Å². The number of urea groups is 1. The fraction of sp³-hybridized carbons (Fsp3) is 0.333. The molecule has 0 spiro atoms. The van der Waals surface area contributed by atoms with Gasteiger partial charge in [-0.2, -0.15) is 0 Å². The number of nitrogens with one attached hydrogen (secondary N) is 3. The van der Waals surface area contributed by atoms with Crippen LogP contribution in [0.1, 0.15) is 18.9 Å². The minimum absolute atomic E-state index is 0.0498. The molecule has 0 unspecified atom stereocenters. The molecule has 3 amide bonds. The van der Waals surface area contributed by atoms with E-state index >= 15 is 0 Å². The quantitative estimate of drug-likeness (QED) is 0.596. The Hall–Kier alpha value is -2.08. The second kappa shape index (κ2) is 7.29. The van der Waals surface area contributed by atoms with Crippen LogP contribution in [0, 0.1) is 0 Å². The highest BCUT2D eigenvalue weighted by atomic mass is 16.3. The summed E-state index contributed by atoms with van der Waals surface area (Å²) < 4.78 is 0. The van der Waals surface area contributed by atoms with Crippen LogP contribution in [0.15, 0.2) is 24.3 Å². The van der Waals surface area contributed by atoms with E-state index in [0.29, 0.717) is 5.69 Å². The first-order valence-electron chi connectivity index (χ1n) is 5.72. The van der Waals surface area contributed by atoms with E-state index in [0.717, 1.165) is 12.0 Å². The monoisotopic (exact) mass is 251 g/mol. The molecule has 0 bridgehead atoms. The maximum Gasteiger partial charge on any atom is 0.337 e. The summed E-state index contributed by atoms with van der Waals surface area (Å²) in [6, 6.07) is 6.89. The average molecular weight is 251 g/mol. The van der Waals surface area contributed by atoms with E-state index in [1.807, 2.05) is 25.1 Å². The molecule has 98 valence electrons. The minimum Gasteiger partial charge on any atom is -0.396 e. The van der Waals surface area contributed by atoms with Crippen molar-refractivity contribution in [3.8, 4) is 0 Å². The lowest BCUT2D eigenvalue weighted by atomic mass is 10.1. The maximum absolute atomic E-state index is 11.5. The van der Waals surface area contributed by atoms with Gasteiger partial charge in [0.1, 0.15) is 0 Å². The zero-order valence-electron chi connectivity index (χ0n) is 10.2. The summed E-state index contributed by atoms with van der Waals surface area (Å²) in [5.74, 6) is -0.448. The Kier molecular flexibility index (Phi) is 5.66. The van der Waals surface area contributed by atoms with Crippen LogP contribution in [0.2, 0.25) is 0 Å². The highest BCUT2D eigenvalue weighted by molar-refractivity contribution is 5.91. The number of aryl methyl sites for hydroxylation is 1. The number of aliphatic hydroxyl groups is 1.